The summed E-state index contributed by atoms with van der Waals surface area (Å²) < 4.78 is 5.06. The van der Waals surface area contributed by atoms with Crippen molar-refractivity contribution in [1.29, 1.82) is 0 Å². The summed E-state index contributed by atoms with van der Waals surface area (Å²) in [5.41, 5.74) is 0. The van der Waals surface area contributed by atoms with Crippen LogP contribution in [0.4, 0.5) is 5.82 Å². The Kier molecular flexibility index (Phi) is 4.41. The Morgan fingerprint density at radius 1 is 1.32 bits per heavy atom. The lowest BCUT2D eigenvalue weighted by molar-refractivity contribution is -0.115. The SMILES string of the molecule is O=C(C=Cc1ccco1)NC(=S)Nc1ccccn1. The van der Waals surface area contributed by atoms with Crippen molar-refractivity contribution in [1.82, 2.24) is 10.3 Å². The van der Waals surface area contributed by atoms with Crippen LogP contribution < -0.4 is 10.6 Å². The van der Waals surface area contributed by atoms with E-state index in [-0.39, 0.29) is 11.0 Å². The van der Waals surface area contributed by atoms with Gasteiger partial charge in [0.15, 0.2) is 5.11 Å². The molecule has 0 radical (unpaired) electrons. The third-order valence-corrected chi connectivity index (χ3v) is 2.29. The van der Waals surface area contributed by atoms with E-state index in [1.165, 1.54) is 12.3 Å². The minimum Gasteiger partial charge on any atom is -0.465 e. The topological polar surface area (TPSA) is 67.2 Å². The second-order valence-electron chi connectivity index (χ2n) is 3.51. The zero-order chi connectivity index (χ0) is 13.5. The Hall–Kier alpha value is -2.47. The number of pyridine rings is 1. The van der Waals surface area contributed by atoms with Gasteiger partial charge in [-0.3, -0.25) is 10.1 Å². The van der Waals surface area contributed by atoms with Gasteiger partial charge in [-0.2, -0.15) is 0 Å². The normalized spacial score (nSPS) is 10.3. The van der Waals surface area contributed by atoms with E-state index < -0.39 is 0 Å². The van der Waals surface area contributed by atoms with E-state index in [0.29, 0.717) is 11.6 Å². The van der Waals surface area contributed by atoms with E-state index in [9.17, 15) is 4.79 Å². The van der Waals surface area contributed by atoms with Crippen molar-refractivity contribution < 1.29 is 9.21 Å². The third kappa shape index (κ3) is 4.36. The minimum atomic E-state index is -0.343. The second kappa shape index (κ2) is 6.46. The van der Waals surface area contributed by atoms with Gasteiger partial charge in [-0.25, -0.2) is 4.98 Å². The average molecular weight is 273 g/mol. The van der Waals surface area contributed by atoms with E-state index in [0.717, 1.165) is 0 Å². The number of hydrogen-bond donors (Lipinski definition) is 2. The molecule has 19 heavy (non-hydrogen) atoms. The van der Waals surface area contributed by atoms with Crippen LogP contribution in [0.25, 0.3) is 6.08 Å². The molecule has 2 heterocycles. The molecule has 0 atom stereocenters. The highest BCUT2D eigenvalue weighted by Gasteiger charge is 2.01. The molecule has 2 N–H and O–H groups in total. The van der Waals surface area contributed by atoms with Crippen LogP contribution in [0.5, 0.6) is 0 Å². The van der Waals surface area contributed by atoms with Gasteiger partial charge in [0.05, 0.1) is 6.26 Å². The first kappa shape index (κ1) is 13.0. The number of thiocarbonyl (C=S) groups is 1. The second-order valence-corrected chi connectivity index (χ2v) is 3.92. The third-order valence-electron chi connectivity index (χ3n) is 2.09. The standard InChI is InChI=1S/C13H11N3O2S/c17-12(7-6-10-4-3-9-18-10)16-13(19)15-11-5-1-2-8-14-11/h1-9H,(H2,14,15,16,17,19). The molecule has 0 fully saturated rings. The summed E-state index contributed by atoms with van der Waals surface area (Å²) in [6.07, 6.45) is 6.05. The molecule has 0 aromatic carbocycles. The van der Waals surface area contributed by atoms with Gasteiger partial charge in [0.1, 0.15) is 11.6 Å². The summed E-state index contributed by atoms with van der Waals surface area (Å²) in [4.78, 5) is 15.6. The van der Waals surface area contributed by atoms with Gasteiger partial charge in [-0.15, -0.1) is 0 Å². The number of carbonyl (C=O) groups excluding carboxylic acids is 1. The first-order valence-electron chi connectivity index (χ1n) is 5.48. The molecule has 0 unspecified atom stereocenters. The lowest BCUT2D eigenvalue weighted by Crippen LogP contribution is -2.33. The van der Waals surface area contributed by atoms with E-state index in [1.807, 2.05) is 6.07 Å². The molecule has 1 amide bonds. The molecule has 96 valence electrons. The lowest BCUT2D eigenvalue weighted by atomic mass is 10.4. The first-order valence-corrected chi connectivity index (χ1v) is 5.89. The maximum atomic E-state index is 11.6. The number of nitrogens with one attached hydrogen (secondary N) is 2. The van der Waals surface area contributed by atoms with Crippen molar-refractivity contribution in [3.05, 3.63) is 54.6 Å². The number of amides is 1. The van der Waals surface area contributed by atoms with Crippen LogP contribution >= 0.6 is 12.2 Å². The number of hydrogen-bond acceptors (Lipinski definition) is 4. The van der Waals surface area contributed by atoms with Crippen LogP contribution in [0, 0.1) is 0 Å². The number of furan rings is 1. The highest BCUT2D eigenvalue weighted by Crippen LogP contribution is 2.02. The molecule has 0 aliphatic carbocycles. The Balaban J connectivity index is 1.84. The van der Waals surface area contributed by atoms with Gasteiger partial charge in [-0.1, -0.05) is 6.07 Å². The molecule has 0 spiro atoms. The summed E-state index contributed by atoms with van der Waals surface area (Å²) in [6.45, 7) is 0. The fourth-order valence-corrected chi connectivity index (χ4v) is 1.49. The highest BCUT2D eigenvalue weighted by molar-refractivity contribution is 7.80. The Morgan fingerprint density at radius 2 is 2.21 bits per heavy atom. The van der Waals surface area contributed by atoms with Crippen molar-refractivity contribution in [3.63, 3.8) is 0 Å². The summed E-state index contributed by atoms with van der Waals surface area (Å²) in [5, 5.41) is 5.49. The Morgan fingerprint density at radius 3 is 2.89 bits per heavy atom. The van der Waals surface area contributed by atoms with Crippen LogP contribution in [-0.4, -0.2) is 16.0 Å². The minimum absolute atomic E-state index is 0.188. The van der Waals surface area contributed by atoms with Crippen molar-refractivity contribution >= 4 is 35.1 Å². The Bertz CT molecular complexity index is 579. The van der Waals surface area contributed by atoms with Crippen molar-refractivity contribution in [2.75, 3.05) is 5.32 Å². The highest BCUT2D eigenvalue weighted by atomic mass is 32.1. The fraction of sp³-hybridized carbons (Fsp3) is 0. The van der Waals surface area contributed by atoms with Gasteiger partial charge in [-0.05, 0) is 42.6 Å². The molecule has 0 aliphatic rings. The van der Waals surface area contributed by atoms with E-state index in [4.69, 9.17) is 16.6 Å². The van der Waals surface area contributed by atoms with E-state index in [1.54, 1.807) is 36.5 Å². The van der Waals surface area contributed by atoms with Crippen LogP contribution in [-0.2, 0) is 4.79 Å². The molecule has 0 saturated heterocycles. The number of aromatic nitrogens is 1. The maximum absolute atomic E-state index is 11.6. The Labute approximate surface area is 115 Å². The number of anilines is 1. The number of nitrogens with zero attached hydrogens (tertiary/aromatic N) is 1. The predicted molar refractivity (Wildman–Crippen MR) is 76.3 cm³/mol. The van der Waals surface area contributed by atoms with Gasteiger partial charge in [0, 0.05) is 12.3 Å². The zero-order valence-corrected chi connectivity index (χ0v) is 10.7. The van der Waals surface area contributed by atoms with E-state index >= 15 is 0 Å². The van der Waals surface area contributed by atoms with Crippen LogP contribution in [0.15, 0.2) is 53.3 Å². The fourth-order valence-electron chi connectivity index (χ4n) is 1.28. The van der Waals surface area contributed by atoms with Crippen LogP contribution in [0.3, 0.4) is 0 Å². The maximum Gasteiger partial charge on any atom is 0.250 e. The molecule has 0 bridgehead atoms. The molecule has 6 heteroatoms. The van der Waals surface area contributed by atoms with Gasteiger partial charge in [0.2, 0.25) is 5.91 Å². The predicted octanol–water partition coefficient (Wildman–Crippen LogP) is 2.20. The van der Waals surface area contributed by atoms with Crippen molar-refractivity contribution in [3.8, 4) is 0 Å². The summed E-state index contributed by atoms with van der Waals surface area (Å²) in [6, 6.07) is 8.84. The summed E-state index contributed by atoms with van der Waals surface area (Å²) in [5.74, 6) is 0.825. The quantitative estimate of drug-likeness (QED) is 0.663. The van der Waals surface area contributed by atoms with Gasteiger partial charge < -0.3 is 9.73 Å². The van der Waals surface area contributed by atoms with Crippen LogP contribution in [0.2, 0.25) is 0 Å². The van der Waals surface area contributed by atoms with E-state index in [2.05, 4.69) is 15.6 Å². The number of carbonyl (C=O) groups is 1. The van der Waals surface area contributed by atoms with Crippen molar-refractivity contribution in [2.45, 2.75) is 0 Å². The molecular formula is C13H11N3O2S. The zero-order valence-electron chi connectivity index (χ0n) is 9.87. The largest absolute Gasteiger partial charge is 0.465 e. The summed E-state index contributed by atoms with van der Waals surface area (Å²) in [7, 11) is 0. The lowest BCUT2D eigenvalue weighted by Gasteiger charge is -2.06. The molecule has 0 aliphatic heterocycles. The van der Waals surface area contributed by atoms with Crippen molar-refractivity contribution in [2.24, 2.45) is 0 Å². The molecule has 2 rings (SSSR count). The molecule has 5 nitrogen and oxygen atoms in total. The number of rotatable bonds is 3. The van der Waals surface area contributed by atoms with Gasteiger partial charge >= 0.3 is 0 Å². The molecule has 2 aromatic heterocycles. The van der Waals surface area contributed by atoms with Crippen LogP contribution in [0.1, 0.15) is 5.76 Å². The average Bonchev–Trinajstić information content (AvgIpc) is 2.90. The molecular weight excluding hydrogens is 262 g/mol. The first-order chi connectivity index (χ1) is 9.24. The summed E-state index contributed by atoms with van der Waals surface area (Å²) >= 11 is 4.99. The molecule has 2 aromatic rings. The van der Waals surface area contributed by atoms with Gasteiger partial charge in [0.25, 0.3) is 0 Å². The smallest absolute Gasteiger partial charge is 0.250 e. The molecule has 0 saturated carbocycles. The monoisotopic (exact) mass is 273 g/mol.